The van der Waals surface area contributed by atoms with Crippen LogP contribution in [0.3, 0.4) is 0 Å². The number of morpholine rings is 2. The largest absolute Gasteiger partial charge is 0.456 e. The summed E-state index contributed by atoms with van der Waals surface area (Å²) in [6.07, 6.45) is 0. The zero-order chi connectivity index (χ0) is 26.1. The van der Waals surface area contributed by atoms with E-state index in [0.717, 1.165) is 137 Å². The summed E-state index contributed by atoms with van der Waals surface area (Å²) in [5, 5.41) is 5.26. The minimum Gasteiger partial charge on any atom is -0.456 e. The molecule has 3 aromatic carbocycles. The summed E-state index contributed by atoms with van der Waals surface area (Å²) in [5.74, 6) is 0. The van der Waals surface area contributed by atoms with E-state index in [-0.39, 0.29) is 0 Å². The molecule has 0 aliphatic carbocycles. The summed E-state index contributed by atoms with van der Waals surface area (Å²) in [5.41, 5.74) is 7.17. The van der Waals surface area contributed by atoms with Crippen molar-refractivity contribution in [1.82, 2.24) is 4.58 Å². The van der Waals surface area contributed by atoms with E-state index in [1.807, 2.05) is 0 Å². The molecule has 2 saturated heterocycles. The van der Waals surface area contributed by atoms with E-state index < -0.39 is 0 Å². The maximum absolute atomic E-state index is 6.70. The number of nitrogens with zero attached hydrogens (tertiary/aromatic N) is 3. The van der Waals surface area contributed by atoms with Crippen LogP contribution in [0.2, 0.25) is 0 Å². The van der Waals surface area contributed by atoms with Crippen LogP contribution in [0.5, 0.6) is 0 Å². The number of anilines is 2. The maximum Gasteiger partial charge on any atom is 0.207 e. The molecule has 0 bridgehead atoms. The molecule has 6 aromatic rings. The first-order chi connectivity index (χ1) is 19.2. The van der Waals surface area contributed by atoms with Crippen molar-refractivity contribution in [3.63, 3.8) is 0 Å². The average molecular weight is 527 g/mol. The number of rotatable bonds is 4. The zero-order valence-electron chi connectivity index (χ0n) is 22.4. The first-order valence-corrected chi connectivity index (χ1v) is 14.1. The molecule has 0 N–H and O–H groups in total. The van der Waals surface area contributed by atoms with E-state index in [9.17, 15) is 0 Å². The van der Waals surface area contributed by atoms with Crippen molar-refractivity contribution in [2.45, 2.75) is 13.8 Å². The monoisotopic (exact) mass is 526 g/mol. The lowest BCUT2D eigenvalue weighted by atomic mass is 9.98. The summed E-state index contributed by atoms with van der Waals surface area (Å²) < 4.78 is 33.7. The molecule has 8 nitrogen and oxygen atoms in total. The van der Waals surface area contributed by atoms with Gasteiger partial charge in [-0.15, -0.1) is 0 Å². The predicted octanol–water partition coefficient (Wildman–Crippen LogP) is 5.15. The molecule has 39 heavy (non-hydrogen) atoms. The summed E-state index contributed by atoms with van der Waals surface area (Å²) in [6, 6.07) is 13.0. The Kier molecular flexibility index (Phi) is 5.28. The molecule has 0 atom stereocenters. The highest BCUT2D eigenvalue weighted by Crippen LogP contribution is 2.46. The van der Waals surface area contributed by atoms with E-state index in [2.05, 4.69) is 64.6 Å². The molecule has 0 spiro atoms. The fourth-order valence-corrected chi connectivity index (χ4v) is 6.46. The molecule has 2 aliphatic heterocycles. The first kappa shape index (κ1) is 23.2. The molecule has 8 heteroatoms. The third kappa shape index (κ3) is 3.54. The molecule has 3 aromatic heterocycles. The molecule has 8 rings (SSSR count). The van der Waals surface area contributed by atoms with Crippen molar-refractivity contribution in [2.75, 3.05) is 75.5 Å². The van der Waals surface area contributed by atoms with Crippen LogP contribution in [-0.4, -0.2) is 65.7 Å². The minimum absolute atomic E-state index is 0.720. The van der Waals surface area contributed by atoms with Crippen molar-refractivity contribution in [1.29, 1.82) is 0 Å². The quantitative estimate of drug-likeness (QED) is 0.179. The van der Waals surface area contributed by atoms with Gasteiger partial charge in [-0.3, -0.25) is 0 Å². The SMILES string of the molecule is CCN(CC)c1cc2oc3cc(N4CCOCC4)cc4oc5cc(=[N+]6CCOCC6)cc6oc(c1)c2c(c34)c65. The summed E-state index contributed by atoms with van der Waals surface area (Å²) in [4.78, 5) is 4.67. The van der Waals surface area contributed by atoms with Crippen LogP contribution >= 0.6 is 0 Å². The Morgan fingerprint density at radius 2 is 1.13 bits per heavy atom. The molecule has 200 valence electrons. The Balaban J connectivity index is 1.52. The normalized spacial score (nSPS) is 17.1. The van der Waals surface area contributed by atoms with Crippen molar-refractivity contribution in [2.24, 2.45) is 0 Å². The van der Waals surface area contributed by atoms with Crippen LogP contribution in [-0.2, 0) is 9.47 Å². The van der Waals surface area contributed by atoms with E-state index in [4.69, 9.17) is 22.7 Å². The van der Waals surface area contributed by atoms with Gasteiger partial charge in [0.15, 0.2) is 13.1 Å². The Labute approximate surface area is 224 Å². The third-order valence-electron chi connectivity index (χ3n) is 8.44. The van der Waals surface area contributed by atoms with Gasteiger partial charge in [0.25, 0.3) is 0 Å². The summed E-state index contributed by atoms with van der Waals surface area (Å²) in [7, 11) is 0. The van der Waals surface area contributed by atoms with Gasteiger partial charge in [0.05, 0.1) is 41.5 Å². The molecule has 0 radical (unpaired) electrons. The summed E-state index contributed by atoms with van der Waals surface area (Å²) >= 11 is 0. The molecule has 0 saturated carbocycles. The van der Waals surface area contributed by atoms with Gasteiger partial charge in [-0.25, -0.2) is 4.58 Å². The Morgan fingerprint density at radius 3 is 1.67 bits per heavy atom. The maximum atomic E-state index is 6.70. The van der Waals surface area contributed by atoms with Crippen molar-refractivity contribution in [3.05, 3.63) is 41.8 Å². The lowest BCUT2D eigenvalue weighted by molar-refractivity contribution is 0.0966. The zero-order valence-corrected chi connectivity index (χ0v) is 22.4. The van der Waals surface area contributed by atoms with E-state index >= 15 is 0 Å². The van der Waals surface area contributed by atoms with Crippen LogP contribution in [0.25, 0.3) is 55.0 Å². The van der Waals surface area contributed by atoms with Gasteiger partial charge in [0.1, 0.15) is 46.7 Å². The van der Waals surface area contributed by atoms with Gasteiger partial charge in [0.2, 0.25) is 5.36 Å². The van der Waals surface area contributed by atoms with Crippen molar-refractivity contribution < 1.29 is 22.7 Å². The smallest absolute Gasteiger partial charge is 0.207 e. The number of hydrogen-bond donors (Lipinski definition) is 0. The second-order valence-electron chi connectivity index (χ2n) is 10.5. The van der Waals surface area contributed by atoms with Gasteiger partial charge in [0, 0.05) is 67.2 Å². The molecule has 5 heterocycles. The first-order valence-electron chi connectivity index (χ1n) is 14.1. The van der Waals surface area contributed by atoms with E-state index in [1.165, 1.54) is 0 Å². The lowest BCUT2D eigenvalue weighted by Gasteiger charge is -2.29. The van der Waals surface area contributed by atoms with Crippen LogP contribution in [0.15, 0.2) is 49.6 Å². The van der Waals surface area contributed by atoms with Gasteiger partial charge in [-0.05, 0) is 13.8 Å². The Hall–Kier alpha value is -3.75. The van der Waals surface area contributed by atoms with Gasteiger partial charge < -0.3 is 32.5 Å². The standard InChI is InChI=1S/C31H32N3O5/c1-3-32(4-2)19-13-22-28-23(14-19)38-25-16-21(34-7-11-36-12-8-34)18-27-30(25)31(28)29-24(37-22)15-20(17-26(29)39-27)33-5-9-35-10-6-33/h13-18H,3-12H2,1-2H3/q+1. The Bertz CT molecular complexity index is 1910. The number of ether oxygens (including phenoxy) is 2. The second-order valence-corrected chi connectivity index (χ2v) is 10.5. The van der Waals surface area contributed by atoms with Gasteiger partial charge >= 0.3 is 0 Å². The van der Waals surface area contributed by atoms with Crippen molar-refractivity contribution >= 4 is 66.4 Å². The second kappa shape index (κ2) is 8.89. The van der Waals surface area contributed by atoms with Crippen molar-refractivity contribution in [3.8, 4) is 0 Å². The molecular formula is C31H32N3O5+. The average Bonchev–Trinajstić information content (AvgIpc) is 2.98. The fraction of sp³-hybridized carbons (Fsp3) is 0.387. The molecular weight excluding hydrogens is 494 g/mol. The van der Waals surface area contributed by atoms with Crippen LogP contribution in [0.1, 0.15) is 13.8 Å². The van der Waals surface area contributed by atoms with Gasteiger partial charge in [-0.1, -0.05) is 0 Å². The van der Waals surface area contributed by atoms with Gasteiger partial charge in [-0.2, -0.15) is 0 Å². The summed E-state index contributed by atoms with van der Waals surface area (Å²) in [6.45, 7) is 12.4. The topological polar surface area (TPSA) is 67.4 Å². The van der Waals surface area contributed by atoms with Crippen LogP contribution in [0, 0.1) is 0 Å². The number of hydrogen-bond acceptors (Lipinski definition) is 7. The highest BCUT2D eigenvalue weighted by Gasteiger charge is 2.25. The van der Waals surface area contributed by atoms with Crippen LogP contribution < -0.4 is 19.7 Å². The van der Waals surface area contributed by atoms with E-state index in [0.29, 0.717) is 0 Å². The van der Waals surface area contributed by atoms with Crippen LogP contribution in [0.4, 0.5) is 11.4 Å². The lowest BCUT2D eigenvalue weighted by Crippen LogP contribution is -2.39. The molecule has 2 fully saturated rings. The highest BCUT2D eigenvalue weighted by atomic mass is 16.5. The van der Waals surface area contributed by atoms with E-state index in [1.54, 1.807) is 0 Å². The fourth-order valence-electron chi connectivity index (χ4n) is 6.46. The molecule has 0 amide bonds. The highest BCUT2D eigenvalue weighted by molar-refractivity contribution is 6.32. The molecule has 2 aliphatic rings. The third-order valence-corrected chi connectivity index (χ3v) is 8.44. The predicted molar refractivity (Wildman–Crippen MR) is 154 cm³/mol. The molecule has 0 unspecified atom stereocenters. The Morgan fingerprint density at radius 1 is 0.641 bits per heavy atom. The number of benzene rings is 3. The minimum atomic E-state index is 0.720.